The van der Waals surface area contributed by atoms with E-state index in [1.54, 1.807) is 6.08 Å². The average Bonchev–Trinajstić information content (AvgIpc) is 2.37. The van der Waals surface area contributed by atoms with Crippen molar-refractivity contribution in [3.63, 3.8) is 0 Å². The van der Waals surface area contributed by atoms with Gasteiger partial charge in [0, 0.05) is 6.54 Å². The summed E-state index contributed by atoms with van der Waals surface area (Å²) in [4.78, 5) is 12.1. The van der Waals surface area contributed by atoms with Crippen molar-refractivity contribution in [2.24, 2.45) is 0 Å². The Kier molecular flexibility index (Phi) is 4.68. The fourth-order valence-electron chi connectivity index (χ4n) is 2.03. The van der Waals surface area contributed by atoms with E-state index in [0.29, 0.717) is 6.54 Å². The molecule has 1 aromatic carbocycles. The summed E-state index contributed by atoms with van der Waals surface area (Å²) in [7, 11) is 1.40. The van der Waals surface area contributed by atoms with Crippen molar-refractivity contribution in [3.05, 3.63) is 47.5 Å². The number of aryl methyl sites for hydroxylation is 2. The number of ether oxygens (including phenoxy) is 1. The predicted octanol–water partition coefficient (Wildman–Crippen LogP) is 2.47. The smallest absolute Gasteiger partial charge is 0.330 e. The standard InChI is InChI=1S/C15H21NO2/c1-6-9-16-15(4,14(17)18-5)13-10-11(2)7-8-12(13)3/h6-8,10,16H,1,9H2,2-5H3. The van der Waals surface area contributed by atoms with Crippen LogP contribution >= 0.6 is 0 Å². The molecule has 0 amide bonds. The average molecular weight is 247 g/mol. The Labute approximate surface area is 109 Å². The SMILES string of the molecule is C=CCNC(C)(C(=O)OC)c1cc(C)ccc1C. The zero-order valence-corrected chi connectivity index (χ0v) is 11.5. The van der Waals surface area contributed by atoms with E-state index in [1.165, 1.54) is 7.11 Å². The zero-order chi connectivity index (χ0) is 13.8. The second-order valence-electron chi connectivity index (χ2n) is 4.60. The summed E-state index contributed by atoms with van der Waals surface area (Å²) < 4.78 is 4.93. The first-order chi connectivity index (χ1) is 8.45. The molecule has 1 aromatic rings. The molecule has 1 rings (SSSR count). The van der Waals surface area contributed by atoms with Crippen LogP contribution in [0.25, 0.3) is 0 Å². The molecule has 0 heterocycles. The van der Waals surface area contributed by atoms with Gasteiger partial charge in [0.25, 0.3) is 0 Å². The van der Waals surface area contributed by atoms with Gasteiger partial charge in [-0.05, 0) is 31.9 Å². The van der Waals surface area contributed by atoms with E-state index in [1.807, 2.05) is 39.0 Å². The highest BCUT2D eigenvalue weighted by molar-refractivity contribution is 5.82. The number of esters is 1. The molecule has 0 spiro atoms. The molecule has 0 aliphatic heterocycles. The number of methoxy groups -OCH3 is 1. The van der Waals surface area contributed by atoms with Gasteiger partial charge < -0.3 is 4.74 Å². The number of benzene rings is 1. The molecular weight excluding hydrogens is 226 g/mol. The molecule has 1 unspecified atom stereocenters. The number of hydrogen-bond acceptors (Lipinski definition) is 3. The lowest BCUT2D eigenvalue weighted by Crippen LogP contribution is -2.48. The molecule has 0 radical (unpaired) electrons. The van der Waals surface area contributed by atoms with E-state index < -0.39 is 5.54 Å². The summed E-state index contributed by atoms with van der Waals surface area (Å²) in [6, 6.07) is 6.06. The minimum atomic E-state index is -0.848. The normalized spacial score (nSPS) is 13.8. The van der Waals surface area contributed by atoms with Gasteiger partial charge in [0.2, 0.25) is 0 Å². The monoisotopic (exact) mass is 247 g/mol. The summed E-state index contributed by atoms with van der Waals surface area (Å²) in [5.74, 6) is -0.293. The molecule has 98 valence electrons. The minimum absolute atomic E-state index is 0.293. The van der Waals surface area contributed by atoms with Crippen LogP contribution in [0.3, 0.4) is 0 Å². The van der Waals surface area contributed by atoms with Gasteiger partial charge in [-0.1, -0.05) is 29.8 Å². The Morgan fingerprint density at radius 1 is 1.50 bits per heavy atom. The molecule has 3 heteroatoms. The highest BCUT2D eigenvalue weighted by Gasteiger charge is 2.36. The van der Waals surface area contributed by atoms with Crippen LogP contribution in [0.2, 0.25) is 0 Å². The number of carbonyl (C=O) groups excluding carboxylic acids is 1. The van der Waals surface area contributed by atoms with Gasteiger partial charge >= 0.3 is 5.97 Å². The number of carbonyl (C=O) groups is 1. The molecule has 0 aromatic heterocycles. The van der Waals surface area contributed by atoms with Gasteiger partial charge in [0.1, 0.15) is 5.54 Å². The van der Waals surface area contributed by atoms with Crippen LogP contribution in [0.4, 0.5) is 0 Å². The van der Waals surface area contributed by atoms with Crippen molar-refractivity contribution in [2.75, 3.05) is 13.7 Å². The van der Waals surface area contributed by atoms with Crippen LogP contribution < -0.4 is 5.32 Å². The van der Waals surface area contributed by atoms with E-state index in [0.717, 1.165) is 16.7 Å². The summed E-state index contributed by atoms with van der Waals surface area (Å²) in [5, 5.41) is 3.19. The molecule has 3 nitrogen and oxygen atoms in total. The van der Waals surface area contributed by atoms with Crippen molar-refractivity contribution in [2.45, 2.75) is 26.3 Å². The Bertz CT molecular complexity index is 454. The first kappa shape index (κ1) is 14.5. The highest BCUT2D eigenvalue weighted by Crippen LogP contribution is 2.26. The van der Waals surface area contributed by atoms with Gasteiger partial charge in [-0.25, -0.2) is 4.79 Å². The maximum atomic E-state index is 12.1. The minimum Gasteiger partial charge on any atom is -0.467 e. The first-order valence-corrected chi connectivity index (χ1v) is 5.97. The Morgan fingerprint density at radius 3 is 2.72 bits per heavy atom. The summed E-state index contributed by atoms with van der Waals surface area (Å²) >= 11 is 0. The van der Waals surface area contributed by atoms with Crippen LogP contribution in [-0.2, 0) is 15.1 Å². The molecule has 0 saturated carbocycles. The third-order valence-corrected chi connectivity index (χ3v) is 3.13. The van der Waals surface area contributed by atoms with Crippen LogP contribution in [-0.4, -0.2) is 19.6 Å². The largest absolute Gasteiger partial charge is 0.467 e. The van der Waals surface area contributed by atoms with Gasteiger partial charge in [-0.3, -0.25) is 5.32 Å². The molecule has 1 N–H and O–H groups in total. The number of hydrogen-bond donors (Lipinski definition) is 1. The quantitative estimate of drug-likeness (QED) is 0.641. The molecule has 0 aliphatic carbocycles. The van der Waals surface area contributed by atoms with Crippen molar-refractivity contribution in [1.29, 1.82) is 0 Å². The first-order valence-electron chi connectivity index (χ1n) is 5.97. The molecule has 0 aliphatic rings. The lowest BCUT2D eigenvalue weighted by atomic mass is 9.87. The Balaban J connectivity index is 3.28. The summed E-state index contributed by atoms with van der Waals surface area (Å²) in [6.07, 6.45) is 1.73. The summed E-state index contributed by atoms with van der Waals surface area (Å²) in [6.45, 7) is 10.0. The fraction of sp³-hybridized carbons (Fsp3) is 0.400. The lowest BCUT2D eigenvalue weighted by Gasteiger charge is -2.30. The molecule has 18 heavy (non-hydrogen) atoms. The third kappa shape index (κ3) is 2.79. The second kappa shape index (κ2) is 5.83. The maximum Gasteiger partial charge on any atom is 0.330 e. The van der Waals surface area contributed by atoms with Crippen molar-refractivity contribution < 1.29 is 9.53 Å². The molecule has 0 bridgehead atoms. The Morgan fingerprint density at radius 2 is 2.17 bits per heavy atom. The van der Waals surface area contributed by atoms with E-state index >= 15 is 0 Å². The second-order valence-corrected chi connectivity index (χ2v) is 4.60. The van der Waals surface area contributed by atoms with Gasteiger partial charge in [0.15, 0.2) is 0 Å². The third-order valence-electron chi connectivity index (χ3n) is 3.13. The highest BCUT2D eigenvalue weighted by atomic mass is 16.5. The van der Waals surface area contributed by atoms with E-state index in [4.69, 9.17) is 4.74 Å². The van der Waals surface area contributed by atoms with Crippen molar-refractivity contribution >= 4 is 5.97 Å². The van der Waals surface area contributed by atoms with Crippen LogP contribution in [0.5, 0.6) is 0 Å². The fourth-order valence-corrected chi connectivity index (χ4v) is 2.03. The molecule has 0 fully saturated rings. The van der Waals surface area contributed by atoms with Crippen molar-refractivity contribution in [1.82, 2.24) is 5.32 Å². The van der Waals surface area contributed by atoms with Gasteiger partial charge in [-0.15, -0.1) is 6.58 Å². The number of rotatable bonds is 5. The number of nitrogens with one attached hydrogen (secondary N) is 1. The van der Waals surface area contributed by atoms with Gasteiger partial charge in [-0.2, -0.15) is 0 Å². The molecule has 1 atom stereocenters. The van der Waals surface area contributed by atoms with Gasteiger partial charge in [0.05, 0.1) is 7.11 Å². The summed E-state index contributed by atoms with van der Waals surface area (Å²) in [5.41, 5.74) is 2.27. The van der Waals surface area contributed by atoms with E-state index in [2.05, 4.69) is 11.9 Å². The molecule has 0 saturated heterocycles. The topological polar surface area (TPSA) is 38.3 Å². The van der Waals surface area contributed by atoms with Crippen LogP contribution in [0, 0.1) is 13.8 Å². The molecular formula is C15H21NO2. The van der Waals surface area contributed by atoms with E-state index in [9.17, 15) is 4.79 Å². The van der Waals surface area contributed by atoms with E-state index in [-0.39, 0.29) is 5.97 Å². The lowest BCUT2D eigenvalue weighted by molar-refractivity contribution is -0.148. The van der Waals surface area contributed by atoms with Crippen LogP contribution in [0.1, 0.15) is 23.6 Å². The van der Waals surface area contributed by atoms with Crippen LogP contribution in [0.15, 0.2) is 30.9 Å². The predicted molar refractivity (Wildman–Crippen MR) is 73.5 cm³/mol. The van der Waals surface area contributed by atoms with Crippen molar-refractivity contribution in [3.8, 4) is 0 Å². The zero-order valence-electron chi connectivity index (χ0n) is 11.5. The maximum absolute atomic E-state index is 12.1. The Hall–Kier alpha value is -1.61.